The van der Waals surface area contributed by atoms with Crippen LogP contribution in [0.1, 0.15) is 25.3 Å². The van der Waals surface area contributed by atoms with Gasteiger partial charge in [0.2, 0.25) is 5.91 Å². The van der Waals surface area contributed by atoms with E-state index in [-0.39, 0.29) is 18.1 Å². The van der Waals surface area contributed by atoms with Crippen LogP contribution in [0.5, 0.6) is 0 Å². The zero-order valence-corrected chi connectivity index (χ0v) is 10.6. The Balaban J connectivity index is 2.45. The number of carboxylic acids is 1. The fourth-order valence-corrected chi connectivity index (χ4v) is 1.47. The van der Waals surface area contributed by atoms with E-state index >= 15 is 0 Å². The maximum atomic E-state index is 12.7. The Kier molecular flexibility index (Phi) is 5.73. The summed E-state index contributed by atoms with van der Waals surface area (Å²) in [7, 11) is 0. The first kappa shape index (κ1) is 14.9. The Morgan fingerprint density at radius 1 is 1.37 bits per heavy atom. The fourth-order valence-electron chi connectivity index (χ4n) is 1.47. The van der Waals surface area contributed by atoms with Gasteiger partial charge in [0.15, 0.2) is 0 Å². The summed E-state index contributed by atoms with van der Waals surface area (Å²) in [6, 6.07) is 4.99. The summed E-state index contributed by atoms with van der Waals surface area (Å²) in [5, 5.41) is 11.2. The van der Waals surface area contributed by atoms with Crippen LogP contribution in [0.25, 0.3) is 6.08 Å². The number of hydrogen-bond donors (Lipinski definition) is 2. The van der Waals surface area contributed by atoms with E-state index in [1.165, 1.54) is 12.1 Å². The highest BCUT2D eigenvalue weighted by Crippen LogP contribution is 2.05. The molecule has 0 aromatic heterocycles. The minimum Gasteiger partial charge on any atom is -0.480 e. The molecular formula is C14H16FNO3. The van der Waals surface area contributed by atoms with Crippen molar-refractivity contribution in [3.63, 3.8) is 0 Å². The number of carbonyl (C=O) groups is 2. The predicted octanol–water partition coefficient (Wildman–Crippen LogP) is 2.21. The highest BCUT2D eigenvalue weighted by atomic mass is 19.1. The number of hydrogen-bond acceptors (Lipinski definition) is 2. The molecule has 0 radical (unpaired) electrons. The van der Waals surface area contributed by atoms with Crippen molar-refractivity contribution in [3.05, 3.63) is 41.7 Å². The topological polar surface area (TPSA) is 66.4 Å². The van der Waals surface area contributed by atoms with E-state index < -0.39 is 12.0 Å². The highest BCUT2D eigenvalue weighted by molar-refractivity contribution is 5.84. The van der Waals surface area contributed by atoms with Crippen LogP contribution in [-0.2, 0) is 9.59 Å². The van der Waals surface area contributed by atoms with Crippen LogP contribution in [0.4, 0.5) is 4.39 Å². The lowest BCUT2D eigenvalue weighted by atomic mass is 10.2. The van der Waals surface area contributed by atoms with E-state index in [4.69, 9.17) is 5.11 Å². The molecule has 0 saturated heterocycles. The van der Waals surface area contributed by atoms with Crippen LogP contribution in [0.15, 0.2) is 30.3 Å². The number of benzene rings is 1. The maximum Gasteiger partial charge on any atom is 0.326 e. The monoisotopic (exact) mass is 265 g/mol. The Morgan fingerprint density at radius 3 is 2.53 bits per heavy atom. The van der Waals surface area contributed by atoms with Crippen LogP contribution >= 0.6 is 0 Å². The van der Waals surface area contributed by atoms with Crippen LogP contribution in [0.3, 0.4) is 0 Å². The van der Waals surface area contributed by atoms with Gasteiger partial charge in [0.05, 0.1) is 0 Å². The van der Waals surface area contributed by atoms with Crippen molar-refractivity contribution in [2.24, 2.45) is 0 Å². The predicted molar refractivity (Wildman–Crippen MR) is 69.9 cm³/mol. The Bertz CT molecular complexity index is 468. The lowest BCUT2D eigenvalue weighted by molar-refractivity contribution is -0.141. The molecule has 0 aliphatic rings. The zero-order chi connectivity index (χ0) is 14.3. The van der Waals surface area contributed by atoms with Gasteiger partial charge in [-0.2, -0.15) is 0 Å². The first-order chi connectivity index (χ1) is 9.02. The maximum absolute atomic E-state index is 12.7. The molecule has 0 spiro atoms. The lowest BCUT2D eigenvalue weighted by Gasteiger charge is -2.10. The van der Waals surface area contributed by atoms with Gasteiger partial charge >= 0.3 is 5.97 Å². The number of amides is 1. The van der Waals surface area contributed by atoms with Crippen molar-refractivity contribution in [2.75, 3.05) is 0 Å². The Labute approximate surface area is 110 Å². The molecular weight excluding hydrogens is 249 g/mol. The van der Waals surface area contributed by atoms with Crippen molar-refractivity contribution in [2.45, 2.75) is 25.8 Å². The second-order valence-electron chi connectivity index (χ2n) is 4.02. The van der Waals surface area contributed by atoms with Crippen LogP contribution < -0.4 is 5.32 Å². The van der Waals surface area contributed by atoms with Crippen molar-refractivity contribution in [1.29, 1.82) is 0 Å². The first-order valence-electron chi connectivity index (χ1n) is 5.97. The highest BCUT2D eigenvalue weighted by Gasteiger charge is 2.16. The molecule has 2 N–H and O–H groups in total. The van der Waals surface area contributed by atoms with E-state index in [2.05, 4.69) is 5.32 Å². The zero-order valence-electron chi connectivity index (χ0n) is 10.6. The van der Waals surface area contributed by atoms with Gasteiger partial charge < -0.3 is 10.4 Å². The summed E-state index contributed by atoms with van der Waals surface area (Å²) in [6.45, 7) is 1.69. The minimum atomic E-state index is -1.04. The average Bonchev–Trinajstić information content (AvgIpc) is 2.38. The molecule has 0 aliphatic heterocycles. The van der Waals surface area contributed by atoms with E-state index in [0.29, 0.717) is 6.42 Å². The van der Waals surface area contributed by atoms with Gasteiger partial charge in [-0.05, 0) is 24.1 Å². The average molecular weight is 265 g/mol. The molecule has 1 aromatic carbocycles. The molecule has 5 heteroatoms. The normalized spacial score (nSPS) is 12.3. The number of halogens is 1. The summed E-state index contributed by atoms with van der Waals surface area (Å²) in [5.74, 6) is -1.71. The molecule has 102 valence electrons. The third-order valence-electron chi connectivity index (χ3n) is 2.53. The quantitative estimate of drug-likeness (QED) is 0.828. The molecule has 1 amide bonds. The van der Waals surface area contributed by atoms with Gasteiger partial charge in [-0.25, -0.2) is 9.18 Å². The van der Waals surface area contributed by atoms with Crippen molar-refractivity contribution >= 4 is 18.0 Å². The van der Waals surface area contributed by atoms with Gasteiger partial charge in [-0.3, -0.25) is 4.79 Å². The first-order valence-corrected chi connectivity index (χ1v) is 5.97. The third kappa shape index (κ3) is 5.33. The summed E-state index contributed by atoms with van der Waals surface area (Å²) in [5.41, 5.74) is 0.777. The molecule has 4 nitrogen and oxygen atoms in total. The van der Waals surface area contributed by atoms with Crippen LogP contribution in [0.2, 0.25) is 0 Å². The van der Waals surface area contributed by atoms with Crippen molar-refractivity contribution < 1.29 is 19.1 Å². The molecule has 19 heavy (non-hydrogen) atoms. The fraction of sp³-hybridized carbons (Fsp3) is 0.286. The summed E-state index contributed by atoms with van der Waals surface area (Å²) in [4.78, 5) is 22.2. The van der Waals surface area contributed by atoms with E-state index in [0.717, 1.165) is 5.56 Å². The van der Waals surface area contributed by atoms with Gasteiger partial charge in [-0.15, -0.1) is 0 Å². The largest absolute Gasteiger partial charge is 0.480 e. The van der Waals surface area contributed by atoms with Gasteiger partial charge in [0.1, 0.15) is 11.9 Å². The number of rotatable bonds is 6. The van der Waals surface area contributed by atoms with Crippen molar-refractivity contribution in [1.82, 2.24) is 5.32 Å². The number of carbonyl (C=O) groups excluding carboxylic acids is 1. The molecule has 0 heterocycles. The Hall–Kier alpha value is -2.17. The lowest BCUT2D eigenvalue weighted by Crippen LogP contribution is -2.39. The molecule has 0 aliphatic carbocycles. The SMILES string of the molecule is CCC(NC(=O)C/C=C/c1ccc(F)cc1)C(=O)O. The van der Waals surface area contributed by atoms with E-state index in [9.17, 15) is 14.0 Å². The van der Waals surface area contributed by atoms with Crippen molar-refractivity contribution in [3.8, 4) is 0 Å². The number of carboxylic acid groups (broad SMARTS) is 1. The van der Waals surface area contributed by atoms with E-state index in [1.807, 2.05) is 0 Å². The van der Waals surface area contributed by atoms with Gasteiger partial charge in [0, 0.05) is 6.42 Å². The second-order valence-corrected chi connectivity index (χ2v) is 4.02. The summed E-state index contributed by atoms with van der Waals surface area (Å²) in [6.07, 6.45) is 3.71. The van der Waals surface area contributed by atoms with Gasteiger partial charge in [0.25, 0.3) is 0 Å². The molecule has 1 atom stereocenters. The van der Waals surface area contributed by atoms with Crippen LogP contribution in [0, 0.1) is 5.82 Å². The smallest absolute Gasteiger partial charge is 0.326 e. The van der Waals surface area contributed by atoms with E-state index in [1.54, 1.807) is 31.2 Å². The standard InChI is InChI=1S/C14H16FNO3/c1-2-12(14(18)19)16-13(17)5-3-4-10-6-8-11(15)9-7-10/h3-4,6-9,12H,2,5H2,1H3,(H,16,17)(H,18,19)/b4-3+. The second kappa shape index (κ2) is 7.31. The molecule has 1 unspecified atom stereocenters. The number of nitrogens with one attached hydrogen (secondary N) is 1. The Morgan fingerprint density at radius 2 is 2.00 bits per heavy atom. The molecule has 1 aromatic rings. The summed E-state index contributed by atoms with van der Waals surface area (Å²) < 4.78 is 12.7. The molecule has 1 rings (SSSR count). The van der Waals surface area contributed by atoms with Crippen LogP contribution in [-0.4, -0.2) is 23.0 Å². The third-order valence-corrected chi connectivity index (χ3v) is 2.53. The van der Waals surface area contributed by atoms with Gasteiger partial charge in [-0.1, -0.05) is 31.2 Å². The molecule has 0 fully saturated rings. The molecule has 0 saturated carbocycles. The number of aliphatic carboxylic acids is 1. The molecule has 0 bridgehead atoms. The summed E-state index contributed by atoms with van der Waals surface area (Å²) >= 11 is 0. The minimum absolute atomic E-state index is 0.0845.